The fraction of sp³-hybridized carbons (Fsp3) is 0.636. The van der Waals surface area contributed by atoms with E-state index in [0.29, 0.717) is 31.0 Å². The summed E-state index contributed by atoms with van der Waals surface area (Å²) in [5.41, 5.74) is -1.05. The van der Waals surface area contributed by atoms with Gasteiger partial charge >= 0.3 is 5.97 Å². The Kier molecular flexibility index (Phi) is 3.31. The number of aromatic nitrogens is 2. The van der Waals surface area contributed by atoms with E-state index in [0.717, 1.165) is 6.42 Å². The molecule has 2 rings (SSSR count). The third kappa shape index (κ3) is 2.49. The average molecular weight is 253 g/mol. The Morgan fingerprint density at radius 3 is 2.67 bits per heavy atom. The number of amides is 1. The molecule has 18 heavy (non-hydrogen) atoms. The van der Waals surface area contributed by atoms with E-state index < -0.39 is 11.5 Å². The van der Waals surface area contributed by atoms with Crippen LogP contribution < -0.4 is 5.32 Å². The molecule has 1 aliphatic carbocycles. The van der Waals surface area contributed by atoms with Crippen LogP contribution in [0, 0.1) is 6.92 Å². The molecule has 1 aliphatic rings. The molecule has 1 aromatic rings. The van der Waals surface area contributed by atoms with Gasteiger partial charge in [-0.1, -0.05) is 5.16 Å². The van der Waals surface area contributed by atoms with Gasteiger partial charge in [0.05, 0.1) is 0 Å². The standard InChI is InChI=1S/C11H15N3O4/c1-7-12-9(18-14-7)4-3-8(15)13-11(10(16)17)5-2-6-11/h2-6H2,1H3,(H,13,15)(H,16,17). The van der Waals surface area contributed by atoms with Crippen LogP contribution in [0.1, 0.15) is 37.4 Å². The molecule has 7 nitrogen and oxygen atoms in total. The summed E-state index contributed by atoms with van der Waals surface area (Å²) in [6.07, 6.45) is 2.29. The number of hydrogen-bond acceptors (Lipinski definition) is 5. The van der Waals surface area contributed by atoms with Crippen molar-refractivity contribution < 1.29 is 19.2 Å². The molecule has 0 aliphatic heterocycles. The number of hydrogen-bond donors (Lipinski definition) is 2. The molecule has 1 fully saturated rings. The third-order valence-electron chi connectivity index (χ3n) is 3.13. The summed E-state index contributed by atoms with van der Waals surface area (Å²) < 4.78 is 4.88. The third-order valence-corrected chi connectivity index (χ3v) is 3.13. The van der Waals surface area contributed by atoms with Gasteiger partial charge in [-0.2, -0.15) is 4.98 Å². The number of carbonyl (C=O) groups is 2. The van der Waals surface area contributed by atoms with Crippen LogP contribution in [0.15, 0.2) is 4.52 Å². The van der Waals surface area contributed by atoms with Crippen LogP contribution in [0.3, 0.4) is 0 Å². The fourth-order valence-corrected chi connectivity index (χ4v) is 1.91. The minimum absolute atomic E-state index is 0.149. The van der Waals surface area contributed by atoms with E-state index in [1.54, 1.807) is 6.92 Å². The average Bonchev–Trinajstić information content (AvgIpc) is 2.66. The summed E-state index contributed by atoms with van der Waals surface area (Å²) in [4.78, 5) is 26.7. The topological polar surface area (TPSA) is 105 Å². The number of carboxylic acid groups (broad SMARTS) is 1. The van der Waals surface area contributed by atoms with Crippen LogP contribution in [-0.2, 0) is 16.0 Å². The van der Waals surface area contributed by atoms with E-state index in [-0.39, 0.29) is 12.3 Å². The van der Waals surface area contributed by atoms with E-state index in [1.807, 2.05) is 0 Å². The van der Waals surface area contributed by atoms with E-state index in [4.69, 9.17) is 9.63 Å². The smallest absolute Gasteiger partial charge is 0.329 e. The number of rotatable bonds is 5. The van der Waals surface area contributed by atoms with Crippen molar-refractivity contribution in [3.8, 4) is 0 Å². The maximum Gasteiger partial charge on any atom is 0.329 e. The molecule has 1 amide bonds. The fourth-order valence-electron chi connectivity index (χ4n) is 1.91. The highest BCUT2D eigenvalue weighted by Crippen LogP contribution is 2.32. The van der Waals surface area contributed by atoms with Gasteiger partial charge in [0.15, 0.2) is 5.82 Å². The van der Waals surface area contributed by atoms with Gasteiger partial charge in [-0.15, -0.1) is 0 Å². The van der Waals surface area contributed by atoms with Crippen LogP contribution in [0.5, 0.6) is 0 Å². The first kappa shape index (κ1) is 12.5. The summed E-state index contributed by atoms with van der Waals surface area (Å²) in [6, 6.07) is 0. The van der Waals surface area contributed by atoms with Gasteiger partial charge in [0.1, 0.15) is 5.54 Å². The normalized spacial score (nSPS) is 16.9. The van der Waals surface area contributed by atoms with Gasteiger partial charge in [-0.25, -0.2) is 4.79 Å². The van der Waals surface area contributed by atoms with Crippen LogP contribution in [-0.4, -0.2) is 32.7 Å². The maximum atomic E-state index is 11.7. The maximum absolute atomic E-state index is 11.7. The van der Waals surface area contributed by atoms with Gasteiger partial charge < -0.3 is 14.9 Å². The lowest BCUT2D eigenvalue weighted by Crippen LogP contribution is -2.59. The quantitative estimate of drug-likeness (QED) is 0.788. The molecule has 7 heteroatoms. The molecule has 1 heterocycles. The van der Waals surface area contributed by atoms with E-state index in [1.165, 1.54) is 0 Å². The van der Waals surface area contributed by atoms with Crippen molar-refractivity contribution in [2.24, 2.45) is 0 Å². The Bertz CT molecular complexity index is 465. The molecule has 2 N–H and O–H groups in total. The first-order valence-corrected chi connectivity index (χ1v) is 5.85. The molecular weight excluding hydrogens is 238 g/mol. The highest BCUT2D eigenvalue weighted by atomic mass is 16.5. The van der Waals surface area contributed by atoms with Crippen LogP contribution in [0.4, 0.5) is 0 Å². The molecule has 98 valence electrons. The van der Waals surface area contributed by atoms with Crippen LogP contribution >= 0.6 is 0 Å². The molecule has 0 spiro atoms. The zero-order chi connectivity index (χ0) is 13.2. The number of carboxylic acids is 1. The number of nitrogens with zero attached hydrogens (tertiary/aromatic N) is 2. The second-order valence-corrected chi connectivity index (χ2v) is 4.52. The van der Waals surface area contributed by atoms with Gasteiger partial charge in [0, 0.05) is 12.8 Å². The van der Waals surface area contributed by atoms with Crippen molar-refractivity contribution in [2.75, 3.05) is 0 Å². The Hall–Kier alpha value is -1.92. The van der Waals surface area contributed by atoms with Crippen molar-refractivity contribution in [3.63, 3.8) is 0 Å². The lowest BCUT2D eigenvalue weighted by Gasteiger charge is -2.38. The molecule has 0 aromatic carbocycles. The SMILES string of the molecule is Cc1noc(CCC(=O)NC2(C(=O)O)CCC2)n1. The predicted molar refractivity (Wildman–Crippen MR) is 59.7 cm³/mol. The van der Waals surface area contributed by atoms with E-state index in [2.05, 4.69) is 15.5 Å². The Morgan fingerprint density at radius 2 is 2.22 bits per heavy atom. The second-order valence-electron chi connectivity index (χ2n) is 4.52. The van der Waals surface area contributed by atoms with Gasteiger partial charge in [-0.05, 0) is 26.2 Å². The van der Waals surface area contributed by atoms with Gasteiger partial charge in [0.2, 0.25) is 11.8 Å². The summed E-state index contributed by atoms with van der Waals surface area (Å²) in [6.45, 7) is 1.70. The van der Waals surface area contributed by atoms with Crippen molar-refractivity contribution in [1.29, 1.82) is 0 Å². The Morgan fingerprint density at radius 1 is 1.50 bits per heavy atom. The summed E-state index contributed by atoms with van der Waals surface area (Å²) in [7, 11) is 0. The minimum atomic E-state index is -1.05. The molecule has 0 unspecified atom stereocenters. The Labute approximate surface area is 104 Å². The number of carbonyl (C=O) groups excluding carboxylic acids is 1. The van der Waals surface area contributed by atoms with E-state index >= 15 is 0 Å². The molecule has 0 atom stereocenters. The highest BCUT2D eigenvalue weighted by molar-refractivity contribution is 5.87. The zero-order valence-electron chi connectivity index (χ0n) is 10.1. The molecule has 0 radical (unpaired) electrons. The monoisotopic (exact) mass is 253 g/mol. The minimum Gasteiger partial charge on any atom is -0.480 e. The van der Waals surface area contributed by atoms with Crippen molar-refractivity contribution >= 4 is 11.9 Å². The summed E-state index contributed by atoms with van der Waals surface area (Å²) in [5, 5.41) is 15.3. The first-order chi connectivity index (χ1) is 8.52. The predicted octanol–water partition coefficient (Wildman–Crippen LogP) is 0.434. The number of nitrogens with one attached hydrogen (secondary N) is 1. The lowest BCUT2D eigenvalue weighted by molar-refractivity contribution is -0.151. The molecule has 0 saturated heterocycles. The van der Waals surface area contributed by atoms with Gasteiger partial charge in [0.25, 0.3) is 0 Å². The largest absolute Gasteiger partial charge is 0.480 e. The second kappa shape index (κ2) is 4.75. The molecule has 1 saturated carbocycles. The molecular formula is C11H15N3O4. The first-order valence-electron chi connectivity index (χ1n) is 5.85. The van der Waals surface area contributed by atoms with Gasteiger partial charge in [-0.3, -0.25) is 4.79 Å². The highest BCUT2D eigenvalue weighted by Gasteiger charge is 2.45. The zero-order valence-corrected chi connectivity index (χ0v) is 10.1. The van der Waals surface area contributed by atoms with E-state index in [9.17, 15) is 9.59 Å². The molecule has 0 bridgehead atoms. The number of aliphatic carboxylic acids is 1. The van der Waals surface area contributed by atoms with Crippen molar-refractivity contribution in [2.45, 2.75) is 44.6 Å². The van der Waals surface area contributed by atoms with Crippen LogP contribution in [0.25, 0.3) is 0 Å². The molecule has 1 aromatic heterocycles. The van der Waals surface area contributed by atoms with Crippen molar-refractivity contribution in [1.82, 2.24) is 15.5 Å². The van der Waals surface area contributed by atoms with Crippen molar-refractivity contribution in [3.05, 3.63) is 11.7 Å². The van der Waals surface area contributed by atoms with Crippen LogP contribution in [0.2, 0.25) is 0 Å². The lowest BCUT2D eigenvalue weighted by atomic mass is 9.76. The summed E-state index contributed by atoms with van der Waals surface area (Å²) in [5.74, 6) is -0.351. The Balaban J connectivity index is 1.83. The number of aryl methyl sites for hydroxylation is 2. The summed E-state index contributed by atoms with van der Waals surface area (Å²) >= 11 is 0.